The lowest BCUT2D eigenvalue weighted by atomic mass is 9.91. The maximum atomic E-state index is 13.7. The lowest BCUT2D eigenvalue weighted by Crippen LogP contribution is -2.36. The fourth-order valence-electron chi connectivity index (χ4n) is 2.91. The summed E-state index contributed by atoms with van der Waals surface area (Å²) in [6, 6.07) is 6.64. The molecule has 0 amide bonds. The fraction of sp³-hybridized carbons (Fsp3) is 0.500. The molecule has 1 aliphatic rings. The van der Waals surface area contributed by atoms with Crippen molar-refractivity contribution >= 4 is 0 Å². The summed E-state index contributed by atoms with van der Waals surface area (Å²) in [6.45, 7) is 0. The Labute approximate surface area is 123 Å². The first-order valence-electron chi connectivity index (χ1n) is 7.53. The molecule has 1 aromatic heterocycles. The molecule has 1 aliphatic carbocycles. The maximum Gasteiger partial charge on any atom is 0.246 e. The number of halogens is 1. The van der Waals surface area contributed by atoms with E-state index in [1.807, 2.05) is 0 Å². The summed E-state index contributed by atoms with van der Waals surface area (Å²) in [5.41, 5.74) is 6.50. The smallest absolute Gasteiger partial charge is 0.246 e. The van der Waals surface area contributed by atoms with Gasteiger partial charge in [0.2, 0.25) is 5.89 Å². The lowest BCUT2D eigenvalue weighted by molar-refractivity contribution is 0.256. The molecule has 21 heavy (non-hydrogen) atoms. The second-order valence-electron chi connectivity index (χ2n) is 5.85. The van der Waals surface area contributed by atoms with Gasteiger partial charge in [-0.2, -0.15) is 4.98 Å². The zero-order valence-electron chi connectivity index (χ0n) is 12.0. The summed E-state index contributed by atoms with van der Waals surface area (Å²) in [7, 11) is 0. The largest absolute Gasteiger partial charge is 0.337 e. The van der Waals surface area contributed by atoms with E-state index in [9.17, 15) is 4.39 Å². The van der Waals surface area contributed by atoms with Crippen molar-refractivity contribution in [2.45, 2.75) is 50.5 Å². The van der Waals surface area contributed by atoms with Gasteiger partial charge in [-0.3, -0.25) is 0 Å². The third-order valence-electron chi connectivity index (χ3n) is 4.20. The highest BCUT2D eigenvalue weighted by Gasteiger charge is 2.34. The zero-order chi connectivity index (χ0) is 14.7. The van der Waals surface area contributed by atoms with Crippen LogP contribution in [-0.4, -0.2) is 10.1 Å². The summed E-state index contributed by atoms with van der Waals surface area (Å²) in [5, 5.41) is 3.97. The minimum Gasteiger partial charge on any atom is -0.337 e. The Bertz CT molecular complexity index is 603. The molecule has 0 spiro atoms. The normalized spacial score (nSPS) is 18.4. The second-order valence-corrected chi connectivity index (χ2v) is 5.85. The Kier molecular flexibility index (Phi) is 4.01. The van der Waals surface area contributed by atoms with E-state index in [0.29, 0.717) is 23.7 Å². The van der Waals surface area contributed by atoms with Gasteiger partial charge in [-0.1, -0.05) is 49.0 Å². The molecule has 0 bridgehead atoms. The Morgan fingerprint density at radius 3 is 2.57 bits per heavy atom. The summed E-state index contributed by atoms with van der Waals surface area (Å²) in [4.78, 5) is 4.41. The maximum absolute atomic E-state index is 13.7. The third kappa shape index (κ3) is 3.13. The molecule has 0 radical (unpaired) electrons. The van der Waals surface area contributed by atoms with E-state index in [0.717, 1.165) is 25.7 Å². The zero-order valence-corrected chi connectivity index (χ0v) is 12.0. The van der Waals surface area contributed by atoms with E-state index in [2.05, 4.69) is 10.1 Å². The predicted molar refractivity (Wildman–Crippen MR) is 77.1 cm³/mol. The molecule has 5 heteroatoms. The Balaban J connectivity index is 1.78. The van der Waals surface area contributed by atoms with E-state index in [1.54, 1.807) is 18.2 Å². The van der Waals surface area contributed by atoms with Crippen LogP contribution in [0.25, 0.3) is 0 Å². The van der Waals surface area contributed by atoms with Crippen LogP contribution in [-0.2, 0) is 12.0 Å². The van der Waals surface area contributed by atoms with E-state index < -0.39 is 5.54 Å². The second kappa shape index (κ2) is 5.93. The van der Waals surface area contributed by atoms with E-state index in [1.165, 1.54) is 18.9 Å². The number of aromatic nitrogens is 2. The van der Waals surface area contributed by atoms with Crippen molar-refractivity contribution in [1.29, 1.82) is 0 Å². The van der Waals surface area contributed by atoms with Crippen LogP contribution in [0.15, 0.2) is 28.8 Å². The van der Waals surface area contributed by atoms with Crippen LogP contribution in [0.4, 0.5) is 4.39 Å². The molecule has 112 valence electrons. The van der Waals surface area contributed by atoms with Crippen LogP contribution in [0.3, 0.4) is 0 Å². The summed E-state index contributed by atoms with van der Waals surface area (Å²) < 4.78 is 19.0. The van der Waals surface area contributed by atoms with E-state index in [-0.39, 0.29) is 5.82 Å². The molecular weight excluding hydrogens is 269 g/mol. The Morgan fingerprint density at radius 2 is 1.86 bits per heavy atom. The third-order valence-corrected chi connectivity index (χ3v) is 4.20. The number of nitrogens with zero attached hydrogens (tertiary/aromatic N) is 2. The van der Waals surface area contributed by atoms with Crippen molar-refractivity contribution in [2.75, 3.05) is 0 Å². The molecular formula is C16H20FN3O. The molecule has 2 aromatic rings. The molecule has 0 aliphatic heterocycles. The average molecular weight is 289 g/mol. The molecule has 2 N–H and O–H groups in total. The van der Waals surface area contributed by atoms with Gasteiger partial charge >= 0.3 is 0 Å². The van der Waals surface area contributed by atoms with Crippen LogP contribution in [0.5, 0.6) is 0 Å². The van der Waals surface area contributed by atoms with Crippen LogP contribution >= 0.6 is 0 Å². The first kappa shape index (κ1) is 14.2. The van der Waals surface area contributed by atoms with Crippen molar-refractivity contribution in [1.82, 2.24) is 10.1 Å². The standard InChI is InChI=1S/C16H20FN3O/c17-13-8-4-3-7-12(13)11-14-19-15(21-20-14)16(18)9-5-1-2-6-10-16/h3-4,7-8H,1-2,5-6,9-11,18H2. The van der Waals surface area contributed by atoms with Gasteiger partial charge in [-0.15, -0.1) is 0 Å². The van der Waals surface area contributed by atoms with Crippen molar-refractivity contribution in [2.24, 2.45) is 5.73 Å². The topological polar surface area (TPSA) is 64.9 Å². The van der Waals surface area contributed by atoms with Gasteiger partial charge in [0.15, 0.2) is 5.82 Å². The first-order valence-corrected chi connectivity index (χ1v) is 7.53. The van der Waals surface area contributed by atoms with Gasteiger partial charge in [0, 0.05) is 6.42 Å². The fourth-order valence-corrected chi connectivity index (χ4v) is 2.91. The van der Waals surface area contributed by atoms with Gasteiger partial charge in [0.25, 0.3) is 0 Å². The quantitative estimate of drug-likeness (QED) is 0.880. The number of hydrogen-bond donors (Lipinski definition) is 1. The molecule has 0 saturated heterocycles. The number of hydrogen-bond acceptors (Lipinski definition) is 4. The average Bonchev–Trinajstić information content (AvgIpc) is 2.84. The van der Waals surface area contributed by atoms with Crippen molar-refractivity contribution in [3.05, 3.63) is 47.4 Å². The lowest BCUT2D eigenvalue weighted by Gasteiger charge is -2.22. The minimum absolute atomic E-state index is 0.249. The molecule has 1 fully saturated rings. The highest BCUT2D eigenvalue weighted by Crippen LogP contribution is 2.32. The molecule has 0 unspecified atom stereocenters. The highest BCUT2D eigenvalue weighted by molar-refractivity contribution is 5.21. The SMILES string of the molecule is NC1(c2nc(Cc3ccccc3F)no2)CCCCCC1. The Hall–Kier alpha value is -1.75. The van der Waals surface area contributed by atoms with Gasteiger partial charge in [0.05, 0.1) is 5.54 Å². The van der Waals surface area contributed by atoms with Crippen LogP contribution in [0.1, 0.15) is 55.8 Å². The molecule has 4 nitrogen and oxygen atoms in total. The summed E-state index contributed by atoms with van der Waals surface area (Å²) >= 11 is 0. The predicted octanol–water partition coefficient (Wildman–Crippen LogP) is 3.31. The molecule has 0 atom stereocenters. The summed E-state index contributed by atoms with van der Waals surface area (Å²) in [5.74, 6) is 0.737. The number of benzene rings is 1. The van der Waals surface area contributed by atoms with Crippen molar-refractivity contribution < 1.29 is 8.91 Å². The van der Waals surface area contributed by atoms with Crippen molar-refractivity contribution in [3.8, 4) is 0 Å². The molecule has 1 saturated carbocycles. The molecule has 1 heterocycles. The minimum atomic E-state index is -0.517. The molecule has 3 rings (SSSR count). The number of nitrogens with two attached hydrogens (primary N) is 1. The van der Waals surface area contributed by atoms with Gasteiger partial charge < -0.3 is 10.3 Å². The van der Waals surface area contributed by atoms with E-state index in [4.69, 9.17) is 10.3 Å². The van der Waals surface area contributed by atoms with Gasteiger partial charge in [-0.05, 0) is 24.5 Å². The summed E-state index contributed by atoms with van der Waals surface area (Å²) in [6.07, 6.45) is 6.64. The Morgan fingerprint density at radius 1 is 1.14 bits per heavy atom. The van der Waals surface area contributed by atoms with E-state index >= 15 is 0 Å². The highest BCUT2D eigenvalue weighted by atomic mass is 19.1. The van der Waals surface area contributed by atoms with Crippen LogP contribution in [0, 0.1) is 5.82 Å². The van der Waals surface area contributed by atoms with Gasteiger partial charge in [-0.25, -0.2) is 4.39 Å². The monoisotopic (exact) mass is 289 g/mol. The van der Waals surface area contributed by atoms with Crippen LogP contribution < -0.4 is 5.73 Å². The molecule has 1 aromatic carbocycles. The number of rotatable bonds is 3. The van der Waals surface area contributed by atoms with Gasteiger partial charge in [0.1, 0.15) is 5.82 Å². The van der Waals surface area contributed by atoms with Crippen LogP contribution in [0.2, 0.25) is 0 Å². The first-order chi connectivity index (χ1) is 10.2. The van der Waals surface area contributed by atoms with Crippen molar-refractivity contribution in [3.63, 3.8) is 0 Å².